The average molecular weight is 245 g/mol. The quantitative estimate of drug-likeness (QED) is 0.699. The van der Waals surface area contributed by atoms with E-state index in [0.717, 1.165) is 4.90 Å². The van der Waals surface area contributed by atoms with Gasteiger partial charge in [-0.1, -0.05) is 18.2 Å². The number of phosphoric ester groups is 1. The van der Waals surface area contributed by atoms with E-state index in [2.05, 4.69) is 0 Å². The van der Waals surface area contributed by atoms with E-state index < -0.39 is 7.82 Å². The van der Waals surface area contributed by atoms with E-state index in [4.69, 9.17) is 9.05 Å². The third-order valence-corrected chi connectivity index (χ3v) is 2.75. The standard InChI is InChI=1S/C10H16NO4P/c1-11(2)8-9-14-16(12,13)15-10-6-4-3-5-7-10/h3-7H,8-9H2,1-2H3,(H,12,13). The maximum absolute atomic E-state index is 11.4. The molecular weight excluding hydrogens is 229 g/mol. The molecule has 1 unspecified atom stereocenters. The number of hydrogen-bond acceptors (Lipinski definition) is 4. The lowest BCUT2D eigenvalue weighted by molar-refractivity contribution is -0.858. The Bertz CT molecular complexity index is 355. The van der Waals surface area contributed by atoms with Crippen LogP contribution >= 0.6 is 7.82 Å². The minimum Gasteiger partial charge on any atom is -0.746 e. The first-order chi connectivity index (χ1) is 7.49. The average Bonchev–Trinajstić information content (AvgIpc) is 2.17. The monoisotopic (exact) mass is 245 g/mol. The van der Waals surface area contributed by atoms with Crippen molar-refractivity contribution in [2.75, 3.05) is 27.2 Å². The number of benzene rings is 1. The molecule has 0 aliphatic rings. The fourth-order valence-electron chi connectivity index (χ4n) is 0.998. The van der Waals surface area contributed by atoms with Crippen LogP contribution in [0, 0.1) is 0 Å². The van der Waals surface area contributed by atoms with Crippen molar-refractivity contribution in [3.63, 3.8) is 0 Å². The molecule has 0 spiro atoms. The Kier molecular flexibility index (Phi) is 4.96. The minimum atomic E-state index is -4.23. The van der Waals surface area contributed by atoms with Crippen LogP contribution in [0.15, 0.2) is 30.3 Å². The summed E-state index contributed by atoms with van der Waals surface area (Å²) in [6.07, 6.45) is 0. The first-order valence-electron chi connectivity index (χ1n) is 4.99. The molecular formula is C10H16NO4P. The normalized spacial score (nSPS) is 14.8. The molecule has 1 atom stereocenters. The van der Waals surface area contributed by atoms with Gasteiger partial charge in [0.15, 0.2) is 0 Å². The van der Waals surface area contributed by atoms with E-state index in [-0.39, 0.29) is 12.4 Å². The predicted octanol–water partition coefficient (Wildman–Crippen LogP) is -0.305. The summed E-state index contributed by atoms with van der Waals surface area (Å²) in [5.41, 5.74) is 0. The van der Waals surface area contributed by atoms with Gasteiger partial charge in [0.25, 0.3) is 0 Å². The van der Waals surface area contributed by atoms with Gasteiger partial charge in [-0.25, -0.2) is 0 Å². The lowest BCUT2D eigenvalue weighted by Crippen LogP contribution is -3.06. The molecule has 90 valence electrons. The highest BCUT2D eigenvalue weighted by Crippen LogP contribution is 2.38. The number of para-hydroxylation sites is 1. The molecule has 0 fully saturated rings. The second-order valence-electron chi connectivity index (χ2n) is 3.64. The van der Waals surface area contributed by atoms with Crippen molar-refractivity contribution >= 4 is 7.82 Å². The lowest BCUT2D eigenvalue weighted by atomic mass is 10.3. The summed E-state index contributed by atoms with van der Waals surface area (Å²) in [6.45, 7) is 0.723. The third-order valence-electron chi connectivity index (χ3n) is 1.81. The van der Waals surface area contributed by atoms with Gasteiger partial charge in [-0.15, -0.1) is 0 Å². The Hall–Kier alpha value is -0.870. The second kappa shape index (κ2) is 6.01. The van der Waals surface area contributed by atoms with Crippen molar-refractivity contribution in [1.29, 1.82) is 0 Å². The van der Waals surface area contributed by atoms with Gasteiger partial charge in [0.2, 0.25) is 0 Å². The summed E-state index contributed by atoms with van der Waals surface area (Å²) >= 11 is 0. The summed E-state index contributed by atoms with van der Waals surface area (Å²) < 4.78 is 20.8. The molecule has 0 aromatic heterocycles. The number of phosphoric acid groups is 1. The van der Waals surface area contributed by atoms with Crippen LogP contribution < -0.4 is 14.3 Å². The highest BCUT2D eigenvalue weighted by molar-refractivity contribution is 7.46. The molecule has 1 N–H and O–H groups in total. The molecule has 0 bridgehead atoms. The van der Waals surface area contributed by atoms with Gasteiger partial charge in [-0.3, -0.25) is 4.57 Å². The summed E-state index contributed by atoms with van der Waals surface area (Å²) in [6, 6.07) is 8.29. The smallest absolute Gasteiger partial charge is 0.319 e. The topological polar surface area (TPSA) is 63.0 Å². The first kappa shape index (κ1) is 13.2. The molecule has 1 aromatic rings. The van der Waals surface area contributed by atoms with Crippen LogP contribution in [0.2, 0.25) is 0 Å². The first-order valence-corrected chi connectivity index (χ1v) is 6.45. The van der Waals surface area contributed by atoms with Crippen LogP contribution in [0.5, 0.6) is 5.75 Å². The molecule has 1 aromatic carbocycles. The van der Waals surface area contributed by atoms with Gasteiger partial charge in [0, 0.05) is 0 Å². The van der Waals surface area contributed by atoms with Crippen LogP contribution in [0.4, 0.5) is 0 Å². The molecule has 0 saturated carbocycles. The Morgan fingerprint density at radius 1 is 1.31 bits per heavy atom. The predicted molar refractivity (Wildman–Crippen MR) is 58.3 cm³/mol. The minimum absolute atomic E-state index is 0.121. The van der Waals surface area contributed by atoms with E-state index in [1.807, 2.05) is 14.1 Å². The zero-order valence-electron chi connectivity index (χ0n) is 9.38. The number of hydrogen-bond donors (Lipinski definition) is 1. The van der Waals surface area contributed by atoms with Gasteiger partial charge < -0.3 is 18.8 Å². The molecule has 5 nitrogen and oxygen atoms in total. The summed E-state index contributed by atoms with van der Waals surface area (Å²) in [5.74, 6) is 0.262. The number of quaternary nitrogens is 1. The number of rotatable bonds is 6. The SMILES string of the molecule is C[NH+](C)CCOP(=O)([O-])Oc1ccccc1. The fourth-order valence-corrected chi connectivity index (χ4v) is 1.75. The van der Waals surface area contributed by atoms with Crippen LogP contribution in [0.3, 0.4) is 0 Å². The highest BCUT2D eigenvalue weighted by Gasteiger charge is 2.11. The Morgan fingerprint density at radius 3 is 2.50 bits per heavy atom. The van der Waals surface area contributed by atoms with Crippen LogP contribution in [-0.4, -0.2) is 27.2 Å². The van der Waals surface area contributed by atoms with E-state index in [1.165, 1.54) is 0 Å². The van der Waals surface area contributed by atoms with E-state index in [0.29, 0.717) is 6.54 Å². The van der Waals surface area contributed by atoms with E-state index in [1.54, 1.807) is 30.3 Å². The van der Waals surface area contributed by atoms with E-state index >= 15 is 0 Å². The zero-order valence-corrected chi connectivity index (χ0v) is 10.3. The maximum atomic E-state index is 11.4. The fraction of sp³-hybridized carbons (Fsp3) is 0.400. The molecule has 0 aliphatic carbocycles. The van der Waals surface area contributed by atoms with Crippen LogP contribution in [0.1, 0.15) is 0 Å². The summed E-state index contributed by atoms with van der Waals surface area (Å²) in [5, 5.41) is 0. The molecule has 16 heavy (non-hydrogen) atoms. The van der Waals surface area contributed by atoms with Gasteiger partial charge in [-0.2, -0.15) is 0 Å². The Balaban J connectivity index is 2.43. The van der Waals surface area contributed by atoms with E-state index in [9.17, 15) is 9.46 Å². The van der Waals surface area contributed by atoms with Gasteiger partial charge in [0.1, 0.15) is 18.9 Å². The molecule has 0 radical (unpaired) electrons. The molecule has 0 saturated heterocycles. The van der Waals surface area contributed by atoms with Crippen molar-refractivity contribution in [2.24, 2.45) is 0 Å². The number of likely N-dealkylation sites (N-methyl/N-ethyl adjacent to an activating group) is 1. The van der Waals surface area contributed by atoms with Gasteiger partial charge in [-0.05, 0) is 12.1 Å². The maximum Gasteiger partial charge on any atom is 0.319 e. The summed E-state index contributed by atoms with van der Waals surface area (Å²) in [7, 11) is -0.406. The summed E-state index contributed by atoms with van der Waals surface area (Å²) in [4.78, 5) is 12.5. The third kappa shape index (κ3) is 5.28. The zero-order chi connectivity index (χ0) is 12.0. The van der Waals surface area contributed by atoms with Gasteiger partial charge >= 0.3 is 7.82 Å². The number of nitrogens with one attached hydrogen (secondary N) is 1. The molecule has 0 heterocycles. The molecule has 0 aliphatic heterocycles. The van der Waals surface area contributed by atoms with Crippen molar-refractivity contribution in [3.8, 4) is 5.75 Å². The van der Waals surface area contributed by atoms with Crippen LogP contribution in [0.25, 0.3) is 0 Å². The molecule has 6 heteroatoms. The van der Waals surface area contributed by atoms with Crippen molar-refractivity contribution in [1.82, 2.24) is 0 Å². The molecule has 0 amide bonds. The van der Waals surface area contributed by atoms with Crippen molar-refractivity contribution in [3.05, 3.63) is 30.3 Å². The van der Waals surface area contributed by atoms with Gasteiger partial charge in [0.05, 0.1) is 14.1 Å². The van der Waals surface area contributed by atoms with Crippen LogP contribution in [-0.2, 0) is 9.09 Å². The highest BCUT2D eigenvalue weighted by atomic mass is 31.2. The second-order valence-corrected chi connectivity index (χ2v) is 4.98. The van der Waals surface area contributed by atoms with Crippen molar-refractivity contribution in [2.45, 2.75) is 0 Å². The Morgan fingerprint density at radius 2 is 1.94 bits per heavy atom. The molecule has 1 rings (SSSR count). The Labute approximate surface area is 95.2 Å². The largest absolute Gasteiger partial charge is 0.746 e. The lowest BCUT2D eigenvalue weighted by Gasteiger charge is -2.23. The van der Waals surface area contributed by atoms with Crippen molar-refractivity contribution < 1.29 is 23.4 Å².